The molecule has 4 heteroatoms. The molecule has 1 aromatic heterocycles. The maximum Gasteiger partial charge on any atom is 0.129 e. The monoisotopic (exact) mass is 199 g/mol. The van der Waals surface area contributed by atoms with E-state index < -0.39 is 0 Å². The molecule has 0 saturated heterocycles. The normalized spacial score (nSPS) is 13.3. The van der Waals surface area contributed by atoms with Crippen LogP contribution in [0.3, 0.4) is 0 Å². The maximum absolute atomic E-state index is 5.77. The molecular weight excluding hydrogens is 186 g/mol. The lowest BCUT2D eigenvalue weighted by atomic mass is 9.98. The van der Waals surface area contributed by atoms with Gasteiger partial charge >= 0.3 is 0 Å². The van der Waals surface area contributed by atoms with E-state index in [9.17, 15) is 0 Å². The first kappa shape index (κ1) is 10.4. The highest BCUT2D eigenvalue weighted by atomic mass is 35.5. The van der Waals surface area contributed by atoms with Crippen LogP contribution >= 0.6 is 11.6 Å². The maximum atomic E-state index is 5.77. The first-order valence-electron chi connectivity index (χ1n) is 4.22. The van der Waals surface area contributed by atoms with Crippen molar-refractivity contribution < 1.29 is 0 Å². The molecule has 0 aliphatic rings. The predicted octanol–water partition coefficient (Wildman–Crippen LogP) is 1.90. The topological polar surface area (TPSA) is 50.9 Å². The van der Waals surface area contributed by atoms with E-state index in [1.165, 1.54) is 0 Å². The summed E-state index contributed by atoms with van der Waals surface area (Å²) in [6.07, 6.45) is 1.68. The third-order valence-corrected chi connectivity index (χ3v) is 2.16. The lowest BCUT2D eigenvalue weighted by Crippen LogP contribution is -2.31. The Morgan fingerprint density at radius 1 is 1.54 bits per heavy atom. The van der Waals surface area contributed by atoms with Crippen molar-refractivity contribution in [2.24, 2.45) is 11.8 Å². The van der Waals surface area contributed by atoms with Gasteiger partial charge in [0.05, 0.1) is 0 Å². The lowest BCUT2D eigenvalue weighted by Gasteiger charge is -2.19. The SMILES string of the molecule is CC(C)C(NN)c1ccnc(Cl)c1. The first-order valence-corrected chi connectivity index (χ1v) is 4.60. The van der Waals surface area contributed by atoms with Crippen LogP contribution < -0.4 is 11.3 Å². The van der Waals surface area contributed by atoms with Crippen LogP contribution in [-0.2, 0) is 0 Å². The molecule has 0 amide bonds. The molecule has 0 bridgehead atoms. The van der Waals surface area contributed by atoms with Gasteiger partial charge in [-0.2, -0.15) is 0 Å². The summed E-state index contributed by atoms with van der Waals surface area (Å²) in [6, 6.07) is 3.86. The Morgan fingerprint density at radius 3 is 2.69 bits per heavy atom. The van der Waals surface area contributed by atoms with Crippen LogP contribution in [0.15, 0.2) is 18.3 Å². The van der Waals surface area contributed by atoms with Gasteiger partial charge in [0.1, 0.15) is 5.15 Å². The molecule has 1 heterocycles. The van der Waals surface area contributed by atoms with Crippen LogP contribution in [0.25, 0.3) is 0 Å². The van der Waals surface area contributed by atoms with E-state index in [0.29, 0.717) is 11.1 Å². The van der Waals surface area contributed by atoms with Crippen LogP contribution in [0.1, 0.15) is 25.5 Å². The Balaban J connectivity index is 2.91. The molecule has 13 heavy (non-hydrogen) atoms. The molecular formula is C9H14ClN3. The number of pyridine rings is 1. The number of hydrazine groups is 1. The minimum atomic E-state index is 0.125. The minimum Gasteiger partial charge on any atom is -0.271 e. The Kier molecular flexibility index (Phi) is 3.66. The van der Waals surface area contributed by atoms with E-state index in [2.05, 4.69) is 24.3 Å². The highest BCUT2D eigenvalue weighted by molar-refractivity contribution is 6.29. The largest absolute Gasteiger partial charge is 0.271 e. The average molecular weight is 200 g/mol. The van der Waals surface area contributed by atoms with Crippen molar-refractivity contribution in [3.63, 3.8) is 0 Å². The van der Waals surface area contributed by atoms with Crippen molar-refractivity contribution in [2.75, 3.05) is 0 Å². The smallest absolute Gasteiger partial charge is 0.129 e. The standard InChI is InChI=1S/C9H14ClN3/c1-6(2)9(13-11)7-3-4-12-8(10)5-7/h3-6,9,13H,11H2,1-2H3. The zero-order chi connectivity index (χ0) is 9.84. The Bertz CT molecular complexity index is 275. The quantitative estimate of drug-likeness (QED) is 0.444. The molecule has 3 N–H and O–H groups in total. The van der Waals surface area contributed by atoms with E-state index in [-0.39, 0.29) is 6.04 Å². The molecule has 1 aromatic rings. The van der Waals surface area contributed by atoms with Crippen molar-refractivity contribution in [2.45, 2.75) is 19.9 Å². The molecule has 0 spiro atoms. The molecule has 72 valence electrons. The summed E-state index contributed by atoms with van der Waals surface area (Å²) in [4.78, 5) is 3.91. The molecule has 0 aromatic carbocycles. The summed E-state index contributed by atoms with van der Waals surface area (Å²) in [6.45, 7) is 4.19. The van der Waals surface area contributed by atoms with E-state index in [4.69, 9.17) is 17.4 Å². The van der Waals surface area contributed by atoms with Crippen LogP contribution in [0.5, 0.6) is 0 Å². The number of aromatic nitrogens is 1. The molecule has 1 rings (SSSR count). The van der Waals surface area contributed by atoms with Gasteiger partial charge in [0, 0.05) is 12.2 Å². The van der Waals surface area contributed by atoms with Gasteiger partial charge in [0.15, 0.2) is 0 Å². The average Bonchev–Trinajstić information content (AvgIpc) is 2.04. The molecule has 0 radical (unpaired) electrons. The number of hydrogen-bond donors (Lipinski definition) is 2. The summed E-state index contributed by atoms with van der Waals surface area (Å²) in [5, 5.41) is 0.499. The summed E-state index contributed by atoms with van der Waals surface area (Å²) in [5.41, 5.74) is 3.83. The van der Waals surface area contributed by atoms with Gasteiger partial charge in [-0.15, -0.1) is 0 Å². The fraction of sp³-hybridized carbons (Fsp3) is 0.444. The minimum absolute atomic E-state index is 0.125. The van der Waals surface area contributed by atoms with Gasteiger partial charge in [-0.25, -0.2) is 4.98 Å². The van der Waals surface area contributed by atoms with Gasteiger partial charge in [-0.1, -0.05) is 25.4 Å². The first-order chi connectivity index (χ1) is 6.15. The molecule has 1 unspecified atom stereocenters. The summed E-state index contributed by atoms with van der Waals surface area (Å²) < 4.78 is 0. The number of rotatable bonds is 3. The van der Waals surface area contributed by atoms with Crippen LogP contribution in [0.4, 0.5) is 0 Å². The van der Waals surface area contributed by atoms with Crippen molar-refractivity contribution >= 4 is 11.6 Å². The summed E-state index contributed by atoms with van der Waals surface area (Å²) in [7, 11) is 0. The fourth-order valence-corrected chi connectivity index (χ4v) is 1.47. The summed E-state index contributed by atoms with van der Waals surface area (Å²) in [5.74, 6) is 5.86. The number of hydrogen-bond acceptors (Lipinski definition) is 3. The zero-order valence-corrected chi connectivity index (χ0v) is 8.55. The third-order valence-electron chi connectivity index (χ3n) is 1.96. The van der Waals surface area contributed by atoms with Crippen molar-refractivity contribution in [3.05, 3.63) is 29.0 Å². The van der Waals surface area contributed by atoms with Gasteiger partial charge in [0.25, 0.3) is 0 Å². The predicted molar refractivity (Wildman–Crippen MR) is 54.1 cm³/mol. The van der Waals surface area contributed by atoms with Crippen LogP contribution in [0, 0.1) is 5.92 Å². The molecule has 0 fully saturated rings. The van der Waals surface area contributed by atoms with Gasteiger partial charge in [-0.05, 0) is 23.6 Å². The fourth-order valence-electron chi connectivity index (χ4n) is 1.28. The summed E-state index contributed by atoms with van der Waals surface area (Å²) >= 11 is 5.77. The highest BCUT2D eigenvalue weighted by Gasteiger charge is 2.13. The molecule has 1 atom stereocenters. The van der Waals surface area contributed by atoms with E-state index >= 15 is 0 Å². The molecule has 0 aliphatic heterocycles. The van der Waals surface area contributed by atoms with Crippen LogP contribution in [-0.4, -0.2) is 4.98 Å². The molecule has 3 nitrogen and oxygen atoms in total. The number of nitrogens with two attached hydrogens (primary N) is 1. The Morgan fingerprint density at radius 2 is 2.23 bits per heavy atom. The Labute approximate surface area is 83.3 Å². The van der Waals surface area contributed by atoms with E-state index in [0.717, 1.165) is 5.56 Å². The van der Waals surface area contributed by atoms with Gasteiger partial charge < -0.3 is 0 Å². The number of nitrogens with zero attached hydrogens (tertiary/aromatic N) is 1. The highest BCUT2D eigenvalue weighted by Crippen LogP contribution is 2.21. The zero-order valence-electron chi connectivity index (χ0n) is 7.79. The molecule has 0 aliphatic carbocycles. The number of halogens is 1. The van der Waals surface area contributed by atoms with Crippen molar-refractivity contribution in [3.8, 4) is 0 Å². The van der Waals surface area contributed by atoms with Crippen molar-refractivity contribution in [1.29, 1.82) is 0 Å². The van der Waals surface area contributed by atoms with Gasteiger partial charge in [0.2, 0.25) is 0 Å². The lowest BCUT2D eigenvalue weighted by molar-refractivity contribution is 0.421. The van der Waals surface area contributed by atoms with E-state index in [1.807, 2.05) is 12.1 Å². The Hall–Kier alpha value is -0.640. The van der Waals surface area contributed by atoms with Gasteiger partial charge in [-0.3, -0.25) is 11.3 Å². The molecule has 0 saturated carbocycles. The van der Waals surface area contributed by atoms with E-state index in [1.54, 1.807) is 6.20 Å². The third kappa shape index (κ3) is 2.66. The second-order valence-corrected chi connectivity index (χ2v) is 3.69. The van der Waals surface area contributed by atoms with Crippen molar-refractivity contribution in [1.82, 2.24) is 10.4 Å². The second-order valence-electron chi connectivity index (χ2n) is 3.30. The number of nitrogens with one attached hydrogen (secondary N) is 1. The second kappa shape index (κ2) is 4.56. The van der Waals surface area contributed by atoms with Crippen LogP contribution in [0.2, 0.25) is 5.15 Å².